The Morgan fingerprint density at radius 3 is 2.32 bits per heavy atom. The van der Waals surface area contributed by atoms with Gasteiger partial charge in [0.15, 0.2) is 0 Å². The minimum atomic E-state index is 0.174. The van der Waals surface area contributed by atoms with Crippen LogP contribution in [-0.4, -0.2) is 4.57 Å². The highest BCUT2D eigenvalue weighted by molar-refractivity contribution is 6.17. The molecule has 0 atom stereocenters. The zero-order valence-electron chi connectivity index (χ0n) is 13.6. The van der Waals surface area contributed by atoms with Crippen LogP contribution in [0.25, 0.3) is 32.6 Å². The molecular formula is C21H21N. The van der Waals surface area contributed by atoms with Crippen molar-refractivity contribution in [1.82, 2.24) is 4.57 Å². The van der Waals surface area contributed by atoms with Crippen molar-refractivity contribution < 1.29 is 0 Å². The lowest BCUT2D eigenvalue weighted by Gasteiger charge is -2.19. The lowest BCUT2D eigenvalue weighted by molar-refractivity contribution is 0.591. The molecule has 4 rings (SSSR count). The second-order valence-electron chi connectivity index (χ2n) is 7.22. The Balaban J connectivity index is 2.20. The maximum atomic E-state index is 2.37. The highest BCUT2D eigenvalue weighted by Crippen LogP contribution is 2.35. The molecule has 0 fully saturated rings. The van der Waals surface area contributed by atoms with E-state index in [-0.39, 0.29) is 5.41 Å². The predicted octanol–water partition coefficient (Wildman–Crippen LogP) is 5.78. The first-order valence-electron chi connectivity index (χ1n) is 7.87. The Morgan fingerprint density at radius 2 is 1.55 bits per heavy atom. The van der Waals surface area contributed by atoms with Crippen molar-refractivity contribution in [2.45, 2.75) is 26.2 Å². The monoisotopic (exact) mass is 287 g/mol. The van der Waals surface area contributed by atoms with Gasteiger partial charge in [-0.3, -0.25) is 0 Å². The van der Waals surface area contributed by atoms with Gasteiger partial charge in [-0.2, -0.15) is 0 Å². The van der Waals surface area contributed by atoms with Gasteiger partial charge in [0.2, 0.25) is 0 Å². The van der Waals surface area contributed by atoms with Gasteiger partial charge >= 0.3 is 0 Å². The topological polar surface area (TPSA) is 4.93 Å². The molecule has 1 heterocycles. The first-order valence-corrected chi connectivity index (χ1v) is 7.87. The molecule has 1 aromatic heterocycles. The third kappa shape index (κ3) is 1.78. The number of nitrogens with zero attached hydrogens (tertiary/aromatic N) is 1. The molecule has 0 N–H and O–H groups in total. The van der Waals surface area contributed by atoms with Crippen molar-refractivity contribution in [2.75, 3.05) is 0 Å². The first kappa shape index (κ1) is 13.4. The summed E-state index contributed by atoms with van der Waals surface area (Å²) in [5.41, 5.74) is 4.20. The Hall–Kier alpha value is -2.28. The molecule has 0 unspecified atom stereocenters. The summed E-state index contributed by atoms with van der Waals surface area (Å²) in [6.45, 7) is 6.82. The van der Waals surface area contributed by atoms with Gasteiger partial charge in [0.05, 0.1) is 5.52 Å². The average molecular weight is 287 g/mol. The predicted molar refractivity (Wildman–Crippen MR) is 96.6 cm³/mol. The molecule has 22 heavy (non-hydrogen) atoms. The van der Waals surface area contributed by atoms with E-state index < -0.39 is 0 Å². The number of hydrogen-bond acceptors (Lipinski definition) is 0. The van der Waals surface area contributed by atoms with Gasteiger partial charge in [0.1, 0.15) is 0 Å². The van der Waals surface area contributed by atoms with E-state index in [4.69, 9.17) is 0 Å². The van der Waals surface area contributed by atoms with Crippen LogP contribution < -0.4 is 0 Å². The lowest BCUT2D eigenvalue weighted by atomic mass is 9.86. The molecule has 3 aromatic carbocycles. The Kier molecular flexibility index (Phi) is 2.65. The van der Waals surface area contributed by atoms with Crippen LogP contribution in [-0.2, 0) is 12.5 Å². The standard InChI is InChI=1S/C21H21N/c1-21(2,3)15-10-12-19-18(13-15)17-11-9-14-7-5-6-8-16(14)20(17)22(19)4/h5-13H,1-4H3. The Morgan fingerprint density at radius 1 is 0.773 bits per heavy atom. The summed E-state index contributed by atoms with van der Waals surface area (Å²) in [5.74, 6) is 0. The highest BCUT2D eigenvalue weighted by Gasteiger charge is 2.17. The molecule has 4 aromatic rings. The lowest BCUT2D eigenvalue weighted by Crippen LogP contribution is -2.10. The van der Waals surface area contributed by atoms with Gasteiger partial charge in [-0.1, -0.05) is 63.2 Å². The van der Waals surface area contributed by atoms with Crippen molar-refractivity contribution in [1.29, 1.82) is 0 Å². The molecule has 1 heteroatoms. The van der Waals surface area contributed by atoms with Crippen molar-refractivity contribution in [2.24, 2.45) is 7.05 Å². The zero-order valence-corrected chi connectivity index (χ0v) is 13.6. The molecule has 0 radical (unpaired) electrons. The number of benzene rings is 3. The molecule has 0 bridgehead atoms. The summed E-state index contributed by atoms with van der Waals surface area (Å²) in [6.07, 6.45) is 0. The summed E-state index contributed by atoms with van der Waals surface area (Å²) < 4.78 is 2.33. The molecular weight excluding hydrogens is 266 g/mol. The summed E-state index contributed by atoms with van der Waals surface area (Å²) in [5, 5.41) is 5.34. The summed E-state index contributed by atoms with van der Waals surface area (Å²) in [4.78, 5) is 0. The molecule has 0 aliphatic heterocycles. The van der Waals surface area contributed by atoms with Gasteiger partial charge in [-0.05, 0) is 28.5 Å². The fraction of sp³-hybridized carbons (Fsp3) is 0.238. The number of hydrogen-bond donors (Lipinski definition) is 0. The summed E-state index contributed by atoms with van der Waals surface area (Å²) in [6, 6.07) is 20.1. The van der Waals surface area contributed by atoms with Crippen LogP contribution in [0.1, 0.15) is 26.3 Å². The van der Waals surface area contributed by atoms with Crippen molar-refractivity contribution in [3.63, 3.8) is 0 Å². The van der Waals surface area contributed by atoms with Crippen molar-refractivity contribution in [3.05, 3.63) is 60.2 Å². The average Bonchev–Trinajstić information content (AvgIpc) is 2.79. The molecule has 0 aliphatic rings. The van der Waals surface area contributed by atoms with Crippen LogP contribution in [0, 0.1) is 0 Å². The third-order valence-electron chi connectivity index (χ3n) is 4.75. The minimum absolute atomic E-state index is 0.174. The number of rotatable bonds is 0. The van der Waals surface area contributed by atoms with Crippen LogP contribution in [0.4, 0.5) is 0 Å². The number of aryl methyl sites for hydroxylation is 1. The Bertz CT molecular complexity index is 1010. The molecule has 0 amide bonds. The van der Waals surface area contributed by atoms with Crippen molar-refractivity contribution >= 4 is 32.6 Å². The van der Waals surface area contributed by atoms with Gasteiger partial charge < -0.3 is 4.57 Å². The molecule has 0 aliphatic carbocycles. The van der Waals surface area contributed by atoms with Gasteiger partial charge in [0, 0.05) is 28.7 Å². The van der Waals surface area contributed by atoms with Gasteiger partial charge in [0.25, 0.3) is 0 Å². The second kappa shape index (κ2) is 4.36. The molecule has 1 nitrogen and oxygen atoms in total. The van der Waals surface area contributed by atoms with Crippen molar-refractivity contribution in [3.8, 4) is 0 Å². The molecule has 0 saturated carbocycles. The second-order valence-corrected chi connectivity index (χ2v) is 7.22. The van der Waals surface area contributed by atoms with E-state index in [0.29, 0.717) is 0 Å². The van der Waals surface area contributed by atoms with Gasteiger partial charge in [-0.15, -0.1) is 0 Å². The molecule has 0 spiro atoms. The van der Waals surface area contributed by atoms with Crippen LogP contribution in [0.2, 0.25) is 0 Å². The van der Waals surface area contributed by atoms with Crippen LogP contribution in [0.3, 0.4) is 0 Å². The SMILES string of the molecule is Cn1c2ccc(C(C)(C)C)cc2c2ccc3ccccc3c21. The van der Waals surface area contributed by atoms with Crippen LogP contribution in [0.5, 0.6) is 0 Å². The van der Waals surface area contributed by atoms with E-state index >= 15 is 0 Å². The van der Waals surface area contributed by atoms with Crippen LogP contribution in [0.15, 0.2) is 54.6 Å². The minimum Gasteiger partial charge on any atom is -0.343 e. The maximum Gasteiger partial charge on any atom is 0.0568 e. The fourth-order valence-electron chi connectivity index (χ4n) is 3.47. The summed E-state index contributed by atoms with van der Waals surface area (Å²) in [7, 11) is 2.17. The van der Waals surface area contributed by atoms with E-state index in [1.165, 1.54) is 38.1 Å². The molecule has 0 saturated heterocycles. The van der Waals surface area contributed by atoms with E-state index in [2.05, 4.69) is 87.0 Å². The normalized spacial score (nSPS) is 12.5. The first-order chi connectivity index (χ1) is 10.5. The van der Waals surface area contributed by atoms with Crippen LogP contribution >= 0.6 is 0 Å². The van der Waals surface area contributed by atoms with E-state index in [0.717, 1.165) is 0 Å². The smallest absolute Gasteiger partial charge is 0.0568 e. The zero-order chi connectivity index (χ0) is 15.5. The van der Waals surface area contributed by atoms with Gasteiger partial charge in [-0.25, -0.2) is 0 Å². The Labute approximate surface area is 131 Å². The highest BCUT2D eigenvalue weighted by atomic mass is 14.9. The molecule has 110 valence electrons. The third-order valence-corrected chi connectivity index (χ3v) is 4.75. The number of aromatic nitrogens is 1. The largest absolute Gasteiger partial charge is 0.343 e. The van der Waals surface area contributed by atoms with E-state index in [1.807, 2.05) is 0 Å². The van der Waals surface area contributed by atoms with E-state index in [9.17, 15) is 0 Å². The van der Waals surface area contributed by atoms with E-state index in [1.54, 1.807) is 0 Å². The number of fused-ring (bicyclic) bond motifs is 5. The summed E-state index contributed by atoms with van der Waals surface area (Å²) >= 11 is 0. The fourth-order valence-corrected chi connectivity index (χ4v) is 3.47. The maximum absolute atomic E-state index is 2.37. The quantitative estimate of drug-likeness (QED) is 0.386.